The van der Waals surface area contributed by atoms with Crippen LogP contribution in [0.4, 0.5) is 5.69 Å². The molecule has 0 radical (unpaired) electrons. The molecule has 0 saturated heterocycles. The average Bonchev–Trinajstić information content (AvgIpc) is 2.19. The molecule has 0 aromatic heterocycles. The van der Waals surface area contributed by atoms with Crippen LogP contribution < -0.4 is 11.1 Å². The molecule has 0 aliphatic heterocycles. The smallest absolute Gasteiger partial charge is 0.250 e. The van der Waals surface area contributed by atoms with E-state index in [2.05, 4.69) is 5.32 Å². The van der Waals surface area contributed by atoms with E-state index in [9.17, 15) is 4.79 Å². The highest BCUT2D eigenvalue weighted by molar-refractivity contribution is 5.92. The zero-order chi connectivity index (χ0) is 12.9. The Morgan fingerprint density at radius 3 is 2.65 bits per heavy atom. The molecule has 4 heteroatoms. The average molecular weight is 236 g/mol. The maximum atomic E-state index is 11.6. The topological polar surface area (TPSA) is 64.3 Å². The quantitative estimate of drug-likeness (QED) is 0.817. The number of para-hydroxylation sites is 1. The summed E-state index contributed by atoms with van der Waals surface area (Å²) < 4.78 is 5.23. The maximum Gasteiger partial charge on any atom is 0.250 e. The van der Waals surface area contributed by atoms with Gasteiger partial charge in [0.05, 0.1) is 6.61 Å². The van der Waals surface area contributed by atoms with Crippen molar-refractivity contribution in [1.29, 1.82) is 0 Å². The first-order valence-electron chi connectivity index (χ1n) is 5.60. The second kappa shape index (κ2) is 5.80. The summed E-state index contributed by atoms with van der Waals surface area (Å²) in [6, 6.07) is 7.62. The van der Waals surface area contributed by atoms with Crippen molar-refractivity contribution in [3.8, 4) is 0 Å². The van der Waals surface area contributed by atoms with Crippen LogP contribution >= 0.6 is 0 Å². The first-order chi connectivity index (χ1) is 7.88. The molecule has 4 nitrogen and oxygen atoms in total. The number of anilines is 1. The van der Waals surface area contributed by atoms with Crippen LogP contribution in [-0.4, -0.2) is 24.7 Å². The van der Waals surface area contributed by atoms with Gasteiger partial charge >= 0.3 is 0 Å². The summed E-state index contributed by atoms with van der Waals surface area (Å²) in [6.07, 6.45) is 0. The van der Waals surface area contributed by atoms with Crippen molar-refractivity contribution in [2.75, 3.05) is 18.5 Å². The van der Waals surface area contributed by atoms with E-state index in [0.717, 1.165) is 11.3 Å². The normalized spacial score (nSPS) is 11.3. The highest BCUT2D eigenvalue weighted by Gasteiger charge is 2.12. The zero-order valence-electron chi connectivity index (χ0n) is 10.6. The fourth-order valence-electron chi connectivity index (χ4n) is 1.31. The number of nitrogens with one attached hydrogen (secondary N) is 1. The van der Waals surface area contributed by atoms with Crippen LogP contribution in [0.15, 0.2) is 24.3 Å². The second-order valence-corrected chi connectivity index (χ2v) is 4.84. The molecule has 0 spiro atoms. The van der Waals surface area contributed by atoms with Gasteiger partial charge in [0.25, 0.3) is 0 Å². The van der Waals surface area contributed by atoms with Gasteiger partial charge in [-0.05, 0) is 32.4 Å². The van der Waals surface area contributed by atoms with Crippen molar-refractivity contribution in [2.24, 2.45) is 5.73 Å². The van der Waals surface area contributed by atoms with Crippen LogP contribution in [0.5, 0.6) is 0 Å². The monoisotopic (exact) mass is 236 g/mol. The van der Waals surface area contributed by atoms with Gasteiger partial charge in [-0.3, -0.25) is 4.79 Å². The standard InChI is InChI=1S/C13H20N2O2/c1-10-6-4-5-7-11(10)15-12(16)8-17-9-13(2,3)14/h4-7H,8-9,14H2,1-3H3,(H,15,16). The van der Waals surface area contributed by atoms with Crippen LogP contribution in [0.3, 0.4) is 0 Å². The summed E-state index contributed by atoms with van der Waals surface area (Å²) in [4.78, 5) is 11.6. The minimum absolute atomic E-state index is 0.0228. The number of aryl methyl sites for hydroxylation is 1. The lowest BCUT2D eigenvalue weighted by Crippen LogP contribution is -2.38. The summed E-state index contributed by atoms with van der Waals surface area (Å²) >= 11 is 0. The first kappa shape index (κ1) is 13.7. The van der Waals surface area contributed by atoms with Gasteiger partial charge in [0, 0.05) is 11.2 Å². The third-order valence-corrected chi connectivity index (χ3v) is 2.13. The Balaban J connectivity index is 2.38. The van der Waals surface area contributed by atoms with Gasteiger partial charge in [-0.1, -0.05) is 18.2 Å². The third kappa shape index (κ3) is 5.47. The molecule has 0 unspecified atom stereocenters. The zero-order valence-corrected chi connectivity index (χ0v) is 10.6. The molecule has 17 heavy (non-hydrogen) atoms. The Hall–Kier alpha value is -1.39. The SMILES string of the molecule is Cc1ccccc1NC(=O)COCC(C)(C)N. The number of carbonyl (C=O) groups is 1. The van der Waals surface area contributed by atoms with Gasteiger partial charge in [-0.25, -0.2) is 0 Å². The molecule has 0 fully saturated rings. The van der Waals surface area contributed by atoms with Crippen molar-refractivity contribution < 1.29 is 9.53 Å². The van der Waals surface area contributed by atoms with E-state index in [1.54, 1.807) is 0 Å². The number of ether oxygens (including phenoxy) is 1. The van der Waals surface area contributed by atoms with Crippen molar-refractivity contribution in [1.82, 2.24) is 0 Å². The maximum absolute atomic E-state index is 11.6. The summed E-state index contributed by atoms with van der Waals surface area (Å²) in [5.74, 6) is -0.163. The molecule has 0 saturated carbocycles. The number of benzene rings is 1. The highest BCUT2D eigenvalue weighted by Crippen LogP contribution is 2.12. The third-order valence-electron chi connectivity index (χ3n) is 2.13. The summed E-state index contributed by atoms with van der Waals surface area (Å²) in [7, 11) is 0. The van der Waals surface area contributed by atoms with Crippen molar-refractivity contribution >= 4 is 11.6 Å². The van der Waals surface area contributed by atoms with Crippen molar-refractivity contribution in [2.45, 2.75) is 26.3 Å². The molecule has 0 aliphatic carbocycles. The van der Waals surface area contributed by atoms with E-state index in [1.165, 1.54) is 0 Å². The Morgan fingerprint density at radius 2 is 2.06 bits per heavy atom. The highest BCUT2D eigenvalue weighted by atomic mass is 16.5. The lowest BCUT2D eigenvalue weighted by atomic mass is 10.1. The molecule has 0 aliphatic rings. The molecule has 1 aromatic rings. The van der Waals surface area contributed by atoms with Crippen molar-refractivity contribution in [3.63, 3.8) is 0 Å². The Bertz CT molecular complexity index is 383. The molecule has 94 valence electrons. The van der Waals surface area contributed by atoms with Gasteiger partial charge in [-0.2, -0.15) is 0 Å². The van der Waals surface area contributed by atoms with Crippen molar-refractivity contribution in [3.05, 3.63) is 29.8 Å². The molecule has 1 aromatic carbocycles. The van der Waals surface area contributed by atoms with Gasteiger partial charge in [0.2, 0.25) is 5.91 Å². The van der Waals surface area contributed by atoms with E-state index < -0.39 is 5.54 Å². The van der Waals surface area contributed by atoms with Gasteiger partial charge in [-0.15, -0.1) is 0 Å². The van der Waals surface area contributed by atoms with E-state index in [-0.39, 0.29) is 12.5 Å². The van der Waals surface area contributed by atoms with Crippen LogP contribution in [0.2, 0.25) is 0 Å². The number of amides is 1. The number of hydrogen-bond donors (Lipinski definition) is 2. The van der Waals surface area contributed by atoms with Gasteiger partial charge in [0.15, 0.2) is 0 Å². The minimum atomic E-state index is -0.414. The lowest BCUT2D eigenvalue weighted by Gasteiger charge is -2.18. The van der Waals surface area contributed by atoms with Crippen LogP contribution in [-0.2, 0) is 9.53 Å². The van der Waals surface area contributed by atoms with E-state index >= 15 is 0 Å². The molecule has 0 bridgehead atoms. The fraction of sp³-hybridized carbons (Fsp3) is 0.462. The number of hydrogen-bond acceptors (Lipinski definition) is 3. The Kier molecular flexibility index (Phi) is 4.66. The molecule has 0 atom stereocenters. The Morgan fingerprint density at radius 1 is 1.41 bits per heavy atom. The largest absolute Gasteiger partial charge is 0.370 e. The number of rotatable bonds is 5. The molecular formula is C13H20N2O2. The molecule has 1 amide bonds. The molecular weight excluding hydrogens is 216 g/mol. The van der Waals surface area contributed by atoms with E-state index in [4.69, 9.17) is 10.5 Å². The molecule has 0 heterocycles. The summed E-state index contributed by atoms with van der Waals surface area (Å²) in [5, 5.41) is 2.79. The predicted molar refractivity (Wildman–Crippen MR) is 68.9 cm³/mol. The summed E-state index contributed by atoms with van der Waals surface area (Å²) in [6.45, 7) is 6.03. The molecule has 3 N–H and O–H groups in total. The van der Waals surface area contributed by atoms with E-state index in [0.29, 0.717) is 6.61 Å². The van der Waals surface area contributed by atoms with Gasteiger partial charge < -0.3 is 15.8 Å². The number of carbonyl (C=O) groups excluding carboxylic acids is 1. The molecule has 1 rings (SSSR count). The van der Waals surface area contributed by atoms with Crippen LogP contribution in [0, 0.1) is 6.92 Å². The first-order valence-corrected chi connectivity index (χ1v) is 5.60. The summed E-state index contributed by atoms with van der Waals surface area (Å²) in [5.41, 5.74) is 7.17. The fourth-order valence-corrected chi connectivity index (χ4v) is 1.31. The van der Waals surface area contributed by atoms with Crippen LogP contribution in [0.25, 0.3) is 0 Å². The second-order valence-electron chi connectivity index (χ2n) is 4.84. The lowest BCUT2D eigenvalue weighted by molar-refractivity contribution is -0.121. The van der Waals surface area contributed by atoms with E-state index in [1.807, 2.05) is 45.0 Å². The van der Waals surface area contributed by atoms with Gasteiger partial charge in [0.1, 0.15) is 6.61 Å². The predicted octanol–water partition coefficient (Wildman–Crippen LogP) is 1.69. The van der Waals surface area contributed by atoms with Crippen LogP contribution in [0.1, 0.15) is 19.4 Å². The number of nitrogens with two attached hydrogens (primary N) is 1. The minimum Gasteiger partial charge on any atom is -0.370 e. The Labute approximate surface area is 102 Å².